The molecule has 1 saturated carbocycles. The van der Waals surface area contributed by atoms with Crippen LogP contribution in [0.3, 0.4) is 0 Å². The highest BCUT2D eigenvalue weighted by atomic mass is 14.7. The lowest BCUT2D eigenvalue weighted by molar-refractivity contribution is 0.411. The maximum absolute atomic E-state index is 5.31. The van der Waals surface area contributed by atoms with Crippen molar-refractivity contribution in [1.29, 1.82) is 0 Å². The molecule has 0 amide bonds. The van der Waals surface area contributed by atoms with Gasteiger partial charge in [0.1, 0.15) is 0 Å². The molecular formula is C11H14N2. The lowest BCUT2D eigenvalue weighted by Gasteiger charge is -2.24. The van der Waals surface area contributed by atoms with Gasteiger partial charge in [-0.1, -0.05) is 12.5 Å². The number of hydrogen-bond acceptors (Lipinski definition) is 2. The topological polar surface area (TPSA) is 38.9 Å². The second kappa shape index (κ2) is 3.60. The zero-order valence-corrected chi connectivity index (χ0v) is 7.61. The summed E-state index contributed by atoms with van der Waals surface area (Å²) in [6.45, 7) is 0. The Labute approximate surface area is 78.5 Å². The standard InChI is InChI=1S/C11H14N2/c12-8-7-10-5-2-6-11(13-10)9-3-1-4-9/h2,5-9H,1,3-4,12H2/b8-7-. The van der Waals surface area contributed by atoms with Gasteiger partial charge in [0.15, 0.2) is 0 Å². The van der Waals surface area contributed by atoms with Crippen LogP contribution in [0.1, 0.15) is 36.6 Å². The van der Waals surface area contributed by atoms with E-state index >= 15 is 0 Å². The fraction of sp³-hybridized carbons (Fsp3) is 0.364. The number of aromatic nitrogens is 1. The first-order valence-electron chi connectivity index (χ1n) is 4.75. The maximum Gasteiger partial charge on any atom is 0.0647 e. The van der Waals surface area contributed by atoms with Crippen molar-refractivity contribution < 1.29 is 0 Å². The first kappa shape index (κ1) is 8.30. The lowest BCUT2D eigenvalue weighted by Crippen LogP contribution is -2.10. The Hall–Kier alpha value is -1.31. The summed E-state index contributed by atoms with van der Waals surface area (Å²) in [5.74, 6) is 0.700. The molecule has 2 N–H and O–H groups in total. The third-order valence-corrected chi connectivity index (χ3v) is 2.58. The van der Waals surface area contributed by atoms with Gasteiger partial charge in [-0.25, -0.2) is 0 Å². The minimum Gasteiger partial charge on any atom is -0.405 e. The summed E-state index contributed by atoms with van der Waals surface area (Å²) in [6, 6.07) is 6.14. The van der Waals surface area contributed by atoms with E-state index in [0.29, 0.717) is 5.92 Å². The van der Waals surface area contributed by atoms with Gasteiger partial charge in [-0.2, -0.15) is 0 Å². The van der Waals surface area contributed by atoms with E-state index < -0.39 is 0 Å². The molecule has 1 aromatic rings. The number of nitrogens with zero attached hydrogens (tertiary/aromatic N) is 1. The van der Waals surface area contributed by atoms with Crippen LogP contribution < -0.4 is 5.73 Å². The monoisotopic (exact) mass is 174 g/mol. The molecule has 0 aromatic carbocycles. The summed E-state index contributed by atoms with van der Waals surface area (Å²) >= 11 is 0. The van der Waals surface area contributed by atoms with Crippen molar-refractivity contribution in [1.82, 2.24) is 4.98 Å². The predicted octanol–water partition coefficient (Wildman–Crippen LogP) is 2.28. The predicted molar refractivity (Wildman–Crippen MR) is 54.1 cm³/mol. The van der Waals surface area contributed by atoms with Crippen molar-refractivity contribution in [2.45, 2.75) is 25.2 Å². The average Bonchev–Trinajstić information content (AvgIpc) is 2.02. The number of nitrogens with two attached hydrogens (primary N) is 1. The molecule has 0 spiro atoms. The normalized spacial score (nSPS) is 17.5. The van der Waals surface area contributed by atoms with Crippen LogP contribution in [0.25, 0.3) is 6.08 Å². The number of pyridine rings is 1. The Morgan fingerprint density at radius 2 is 2.23 bits per heavy atom. The van der Waals surface area contributed by atoms with Gasteiger partial charge in [-0.05, 0) is 37.3 Å². The second-order valence-electron chi connectivity index (χ2n) is 3.47. The SMILES string of the molecule is N/C=C\c1cccc(C2CCC2)n1. The molecule has 0 saturated heterocycles. The van der Waals surface area contributed by atoms with Gasteiger partial charge < -0.3 is 5.73 Å². The van der Waals surface area contributed by atoms with E-state index in [0.717, 1.165) is 5.69 Å². The Bertz CT molecular complexity index is 314. The molecule has 0 atom stereocenters. The molecule has 2 heteroatoms. The molecule has 0 unspecified atom stereocenters. The molecule has 1 heterocycles. The lowest BCUT2D eigenvalue weighted by atomic mass is 9.82. The summed E-state index contributed by atoms with van der Waals surface area (Å²) < 4.78 is 0. The van der Waals surface area contributed by atoms with Crippen LogP contribution in [0.5, 0.6) is 0 Å². The largest absolute Gasteiger partial charge is 0.405 e. The summed E-state index contributed by atoms with van der Waals surface area (Å²) in [5, 5.41) is 0. The molecule has 1 aliphatic rings. The van der Waals surface area contributed by atoms with E-state index in [1.165, 1.54) is 31.2 Å². The molecule has 0 bridgehead atoms. The number of rotatable bonds is 2. The van der Waals surface area contributed by atoms with Crippen molar-refractivity contribution in [3.63, 3.8) is 0 Å². The smallest absolute Gasteiger partial charge is 0.0647 e. The molecule has 1 aromatic heterocycles. The fourth-order valence-electron chi connectivity index (χ4n) is 1.59. The van der Waals surface area contributed by atoms with Gasteiger partial charge in [0.05, 0.1) is 5.69 Å². The molecule has 1 aliphatic carbocycles. The summed E-state index contributed by atoms with van der Waals surface area (Å²) in [4.78, 5) is 4.52. The van der Waals surface area contributed by atoms with E-state index in [4.69, 9.17) is 5.73 Å². The summed E-state index contributed by atoms with van der Waals surface area (Å²) in [6.07, 6.45) is 7.31. The molecule has 2 rings (SSSR count). The zero-order valence-electron chi connectivity index (χ0n) is 7.61. The molecule has 68 valence electrons. The van der Waals surface area contributed by atoms with Gasteiger partial charge in [-0.3, -0.25) is 4.98 Å². The van der Waals surface area contributed by atoms with E-state index in [1.54, 1.807) is 0 Å². The molecule has 1 fully saturated rings. The van der Waals surface area contributed by atoms with Crippen LogP contribution in [0, 0.1) is 0 Å². The Kier molecular flexibility index (Phi) is 2.30. The van der Waals surface area contributed by atoms with Crippen LogP contribution in [0.4, 0.5) is 0 Å². The molecule has 13 heavy (non-hydrogen) atoms. The van der Waals surface area contributed by atoms with Crippen molar-refractivity contribution in [3.8, 4) is 0 Å². The molecular weight excluding hydrogens is 160 g/mol. The van der Waals surface area contributed by atoms with Crippen LogP contribution in [0.2, 0.25) is 0 Å². The first-order chi connectivity index (χ1) is 6.40. The highest BCUT2D eigenvalue weighted by Crippen LogP contribution is 2.35. The van der Waals surface area contributed by atoms with E-state index in [9.17, 15) is 0 Å². The van der Waals surface area contributed by atoms with E-state index in [1.807, 2.05) is 12.1 Å². The highest BCUT2D eigenvalue weighted by molar-refractivity contribution is 5.44. The van der Waals surface area contributed by atoms with Crippen molar-refractivity contribution in [2.24, 2.45) is 5.73 Å². The van der Waals surface area contributed by atoms with Crippen molar-refractivity contribution in [3.05, 3.63) is 35.8 Å². The Balaban J connectivity index is 2.21. The third kappa shape index (κ3) is 1.72. The molecule has 2 nitrogen and oxygen atoms in total. The summed E-state index contributed by atoms with van der Waals surface area (Å²) in [7, 11) is 0. The molecule has 0 radical (unpaired) electrons. The quantitative estimate of drug-likeness (QED) is 0.747. The number of hydrogen-bond donors (Lipinski definition) is 1. The van der Waals surface area contributed by atoms with Crippen molar-refractivity contribution in [2.75, 3.05) is 0 Å². The van der Waals surface area contributed by atoms with Crippen LogP contribution in [-0.2, 0) is 0 Å². The van der Waals surface area contributed by atoms with Gasteiger partial charge in [0, 0.05) is 11.6 Å². The van der Waals surface area contributed by atoms with Gasteiger partial charge >= 0.3 is 0 Å². The van der Waals surface area contributed by atoms with E-state index in [2.05, 4.69) is 17.1 Å². The van der Waals surface area contributed by atoms with Crippen LogP contribution in [0.15, 0.2) is 24.4 Å². The first-order valence-corrected chi connectivity index (χ1v) is 4.75. The van der Waals surface area contributed by atoms with Crippen LogP contribution in [-0.4, -0.2) is 4.98 Å². The van der Waals surface area contributed by atoms with Gasteiger partial charge in [-0.15, -0.1) is 0 Å². The zero-order chi connectivity index (χ0) is 9.10. The fourth-order valence-corrected chi connectivity index (χ4v) is 1.59. The molecule has 0 aliphatic heterocycles. The van der Waals surface area contributed by atoms with E-state index in [-0.39, 0.29) is 0 Å². The van der Waals surface area contributed by atoms with Gasteiger partial charge in [0.25, 0.3) is 0 Å². The Morgan fingerprint density at radius 1 is 1.38 bits per heavy atom. The Morgan fingerprint density at radius 3 is 2.85 bits per heavy atom. The van der Waals surface area contributed by atoms with Gasteiger partial charge in [0.2, 0.25) is 0 Å². The third-order valence-electron chi connectivity index (χ3n) is 2.58. The maximum atomic E-state index is 5.31. The van der Waals surface area contributed by atoms with Crippen molar-refractivity contribution >= 4 is 6.08 Å². The minimum absolute atomic E-state index is 0.700. The highest BCUT2D eigenvalue weighted by Gasteiger charge is 2.20. The average molecular weight is 174 g/mol. The minimum atomic E-state index is 0.700. The second-order valence-corrected chi connectivity index (χ2v) is 3.47. The summed E-state index contributed by atoms with van der Waals surface area (Å²) in [5.41, 5.74) is 7.50. The van der Waals surface area contributed by atoms with Crippen LogP contribution >= 0.6 is 0 Å².